The van der Waals surface area contributed by atoms with Crippen LogP contribution in [0.2, 0.25) is 10.0 Å². The standard InChI is InChI=1S/C17H12Cl2FN3O3S/c18-11-5-8(1-4-12(11)20)22-14(24)7-26-9-2-3-10-13(6-9)27-16(15(10)19)17(25)23-21/h1-6H,7,21H2,(H,22,24)(H,23,25). The summed E-state index contributed by atoms with van der Waals surface area (Å²) in [7, 11) is 0. The van der Waals surface area contributed by atoms with E-state index in [0.29, 0.717) is 26.5 Å². The van der Waals surface area contributed by atoms with E-state index in [1.807, 2.05) is 5.43 Å². The molecule has 0 saturated carbocycles. The Bertz CT molecular complexity index is 1040. The number of thiophene rings is 1. The third kappa shape index (κ3) is 4.30. The van der Waals surface area contributed by atoms with E-state index in [1.54, 1.807) is 18.2 Å². The first-order valence-corrected chi connectivity index (χ1v) is 9.07. The Morgan fingerprint density at radius 1 is 1.19 bits per heavy atom. The zero-order valence-electron chi connectivity index (χ0n) is 13.5. The fourth-order valence-corrected chi connectivity index (χ4v) is 3.90. The second-order valence-electron chi connectivity index (χ2n) is 5.34. The quantitative estimate of drug-likeness (QED) is 0.326. The van der Waals surface area contributed by atoms with Gasteiger partial charge in [0.05, 0.1) is 10.0 Å². The molecule has 140 valence electrons. The van der Waals surface area contributed by atoms with Crippen molar-refractivity contribution in [3.05, 3.63) is 57.1 Å². The van der Waals surface area contributed by atoms with Crippen molar-refractivity contribution >= 4 is 62.1 Å². The lowest BCUT2D eigenvalue weighted by atomic mass is 10.2. The van der Waals surface area contributed by atoms with E-state index in [-0.39, 0.29) is 16.5 Å². The summed E-state index contributed by atoms with van der Waals surface area (Å²) < 4.78 is 19.3. The molecule has 0 atom stereocenters. The number of rotatable bonds is 5. The number of nitrogens with one attached hydrogen (secondary N) is 2. The van der Waals surface area contributed by atoms with Gasteiger partial charge in [0.1, 0.15) is 16.4 Å². The average molecular weight is 428 g/mol. The molecule has 27 heavy (non-hydrogen) atoms. The molecule has 1 aromatic heterocycles. The van der Waals surface area contributed by atoms with Crippen molar-refractivity contribution in [1.29, 1.82) is 0 Å². The monoisotopic (exact) mass is 427 g/mol. The van der Waals surface area contributed by atoms with Crippen molar-refractivity contribution in [2.45, 2.75) is 0 Å². The Labute approximate surface area is 167 Å². The van der Waals surface area contributed by atoms with Crippen LogP contribution in [0.5, 0.6) is 5.75 Å². The summed E-state index contributed by atoms with van der Waals surface area (Å²) in [6.45, 7) is -0.268. The first kappa shape index (κ1) is 19.4. The lowest BCUT2D eigenvalue weighted by Gasteiger charge is -2.08. The van der Waals surface area contributed by atoms with Gasteiger partial charge in [-0.1, -0.05) is 23.2 Å². The maximum atomic E-state index is 13.1. The highest BCUT2D eigenvalue weighted by Crippen LogP contribution is 2.37. The molecular formula is C17H12Cl2FN3O3S. The predicted octanol–water partition coefficient (Wildman–Crippen LogP) is 3.97. The van der Waals surface area contributed by atoms with E-state index in [1.165, 1.54) is 12.1 Å². The van der Waals surface area contributed by atoms with Crippen LogP contribution in [0.3, 0.4) is 0 Å². The fourth-order valence-electron chi connectivity index (χ4n) is 2.27. The normalized spacial score (nSPS) is 10.7. The van der Waals surface area contributed by atoms with Crippen molar-refractivity contribution in [1.82, 2.24) is 5.43 Å². The summed E-state index contributed by atoms with van der Waals surface area (Å²) in [4.78, 5) is 24.0. The van der Waals surface area contributed by atoms with Gasteiger partial charge in [0.2, 0.25) is 0 Å². The minimum atomic E-state index is -0.573. The molecule has 6 nitrogen and oxygen atoms in total. The van der Waals surface area contributed by atoms with Crippen LogP contribution in [0.4, 0.5) is 10.1 Å². The highest BCUT2D eigenvalue weighted by atomic mass is 35.5. The summed E-state index contributed by atoms with van der Waals surface area (Å²) in [6, 6.07) is 8.84. The third-order valence-electron chi connectivity index (χ3n) is 3.51. The Balaban J connectivity index is 1.68. The van der Waals surface area contributed by atoms with Crippen LogP contribution in [0.15, 0.2) is 36.4 Å². The number of benzene rings is 2. The zero-order valence-corrected chi connectivity index (χ0v) is 15.8. The number of hydrazine groups is 1. The highest BCUT2D eigenvalue weighted by molar-refractivity contribution is 7.21. The molecule has 0 aliphatic heterocycles. The summed E-state index contributed by atoms with van der Waals surface area (Å²) >= 11 is 13.0. The molecule has 0 radical (unpaired) electrons. The second-order valence-corrected chi connectivity index (χ2v) is 7.18. The molecule has 0 fully saturated rings. The number of halogens is 3. The lowest BCUT2D eigenvalue weighted by Crippen LogP contribution is -2.29. The van der Waals surface area contributed by atoms with Gasteiger partial charge in [-0.2, -0.15) is 0 Å². The number of nitrogen functional groups attached to an aromatic ring is 1. The molecule has 0 spiro atoms. The van der Waals surface area contributed by atoms with Crippen LogP contribution in [-0.2, 0) is 4.79 Å². The number of carbonyl (C=O) groups is 2. The van der Waals surface area contributed by atoms with Crippen molar-refractivity contribution in [2.75, 3.05) is 11.9 Å². The van der Waals surface area contributed by atoms with Crippen molar-refractivity contribution in [2.24, 2.45) is 5.84 Å². The van der Waals surface area contributed by atoms with E-state index in [0.717, 1.165) is 17.4 Å². The molecule has 0 bridgehead atoms. The maximum absolute atomic E-state index is 13.1. The van der Waals surface area contributed by atoms with Crippen LogP contribution in [0.25, 0.3) is 10.1 Å². The van der Waals surface area contributed by atoms with Gasteiger partial charge in [0.25, 0.3) is 11.8 Å². The van der Waals surface area contributed by atoms with E-state index in [2.05, 4.69) is 5.32 Å². The fraction of sp³-hybridized carbons (Fsp3) is 0.0588. The van der Waals surface area contributed by atoms with Gasteiger partial charge in [0, 0.05) is 15.8 Å². The van der Waals surface area contributed by atoms with Gasteiger partial charge < -0.3 is 10.1 Å². The number of ether oxygens (including phenoxy) is 1. The average Bonchev–Trinajstić information content (AvgIpc) is 2.98. The van der Waals surface area contributed by atoms with Gasteiger partial charge in [-0.15, -0.1) is 11.3 Å². The van der Waals surface area contributed by atoms with Crippen LogP contribution < -0.4 is 21.3 Å². The van der Waals surface area contributed by atoms with Gasteiger partial charge in [0.15, 0.2) is 6.61 Å². The number of amides is 2. The molecule has 3 rings (SSSR count). The topological polar surface area (TPSA) is 93.4 Å². The predicted molar refractivity (Wildman–Crippen MR) is 104 cm³/mol. The second kappa shape index (κ2) is 8.10. The zero-order chi connectivity index (χ0) is 19.6. The van der Waals surface area contributed by atoms with E-state index >= 15 is 0 Å². The Kier molecular flexibility index (Phi) is 5.81. The van der Waals surface area contributed by atoms with E-state index in [4.69, 9.17) is 33.8 Å². The number of hydrogen-bond acceptors (Lipinski definition) is 5. The summed E-state index contributed by atoms with van der Waals surface area (Å²) in [6.07, 6.45) is 0. The number of hydrogen-bond donors (Lipinski definition) is 3. The van der Waals surface area contributed by atoms with Crippen LogP contribution >= 0.6 is 34.5 Å². The van der Waals surface area contributed by atoms with Gasteiger partial charge >= 0.3 is 0 Å². The van der Waals surface area contributed by atoms with Crippen LogP contribution in [0.1, 0.15) is 9.67 Å². The third-order valence-corrected chi connectivity index (χ3v) is 5.46. The summed E-state index contributed by atoms with van der Waals surface area (Å²) in [5.41, 5.74) is 2.39. The maximum Gasteiger partial charge on any atom is 0.276 e. The van der Waals surface area contributed by atoms with Crippen LogP contribution in [-0.4, -0.2) is 18.4 Å². The summed E-state index contributed by atoms with van der Waals surface area (Å²) in [5, 5.41) is 3.44. The molecule has 3 aromatic rings. The number of fused-ring (bicyclic) bond motifs is 1. The molecule has 0 aliphatic carbocycles. The van der Waals surface area contributed by atoms with Gasteiger partial charge in [-0.05, 0) is 36.4 Å². The molecule has 0 aliphatic rings. The molecule has 10 heteroatoms. The van der Waals surface area contributed by atoms with Gasteiger partial charge in [-0.3, -0.25) is 15.0 Å². The minimum absolute atomic E-state index is 0.0916. The smallest absolute Gasteiger partial charge is 0.276 e. The Morgan fingerprint density at radius 3 is 2.67 bits per heavy atom. The molecular weight excluding hydrogens is 416 g/mol. The Morgan fingerprint density at radius 2 is 1.96 bits per heavy atom. The number of nitrogens with two attached hydrogens (primary N) is 1. The molecule has 2 amide bonds. The van der Waals surface area contributed by atoms with Gasteiger partial charge in [-0.25, -0.2) is 10.2 Å². The van der Waals surface area contributed by atoms with E-state index in [9.17, 15) is 14.0 Å². The SMILES string of the molecule is NNC(=O)c1sc2cc(OCC(=O)Nc3ccc(F)c(Cl)c3)ccc2c1Cl. The first-order valence-electron chi connectivity index (χ1n) is 7.49. The van der Waals surface area contributed by atoms with Crippen molar-refractivity contribution < 1.29 is 18.7 Å². The number of carbonyl (C=O) groups excluding carboxylic acids is 2. The lowest BCUT2D eigenvalue weighted by molar-refractivity contribution is -0.118. The summed E-state index contributed by atoms with van der Waals surface area (Å²) in [5.74, 6) is 4.06. The number of anilines is 1. The largest absolute Gasteiger partial charge is 0.484 e. The Hall–Kier alpha value is -2.39. The molecule has 1 heterocycles. The molecule has 2 aromatic carbocycles. The molecule has 0 saturated heterocycles. The van der Waals surface area contributed by atoms with Crippen LogP contribution in [0, 0.1) is 5.82 Å². The van der Waals surface area contributed by atoms with Crippen molar-refractivity contribution in [3.63, 3.8) is 0 Å². The highest BCUT2D eigenvalue weighted by Gasteiger charge is 2.17. The van der Waals surface area contributed by atoms with E-state index < -0.39 is 17.6 Å². The molecule has 4 N–H and O–H groups in total. The van der Waals surface area contributed by atoms with Crippen molar-refractivity contribution in [3.8, 4) is 5.75 Å². The molecule has 0 unspecified atom stereocenters. The first-order chi connectivity index (χ1) is 12.9. The minimum Gasteiger partial charge on any atom is -0.484 e.